The predicted octanol–water partition coefficient (Wildman–Crippen LogP) is 2.31. The van der Waals surface area contributed by atoms with E-state index < -0.39 is 5.97 Å². The van der Waals surface area contributed by atoms with Crippen molar-refractivity contribution >= 4 is 46.8 Å². The van der Waals surface area contributed by atoms with E-state index in [4.69, 9.17) is 33.0 Å². The number of hydrogen-bond acceptors (Lipinski definition) is 4. The molecule has 5 nitrogen and oxygen atoms in total. The average molecular weight is 338 g/mol. The molecule has 110 valence electrons. The molecule has 8 heteroatoms. The van der Waals surface area contributed by atoms with Crippen LogP contribution in [0.25, 0.3) is 0 Å². The SMILES string of the molecule is O=C(O)CSCCNC(=O)COc1cc(Cl)cc(Cl)c1. The fourth-order valence-electron chi connectivity index (χ4n) is 1.23. The van der Waals surface area contributed by atoms with Crippen molar-refractivity contribution in [2.75, 3.05) is 24.7 Å². The van der Waals surface area contributed by atoms with E-state index in [-0.39, 0.29) is 18.3 Å². The van der Waals surface area contributed by atoms with Crippen LogP contribution in [0.3, 0.4) is 0 Å². The highest BCUT2D eigenvalue weighted by Crippen LogP contribution is 2.23. The maximum Gasteiger partial charge on any atom is 0.313 e. The summed E-state index contributed by atoms with van der Waals surface area (Å²) in [6, 6.07) is 4.68. The maximum absolute atomic E-state index is 11.5. The Morgan fingerprint density at radius 1 is 1.25 bits per heavy atom. The van der Waals surface area contributed by atoms with Gasteiger partial charge in [0.1, 0.15) is 5.75 Å². The Morgan fingerprint density at radius 2 is 1.90 bits per heavy atom. The maximum atomic E-state index is 11.5. The zero-order valence-electron chi connectivity index (χ0n) is 10.4. The van der Waals surface area contributed by atoms with Crippen LogP contribution in [0, 0.1) is 0 Å². The Balaban J connectivity index is 2.21. The minimum absolute atomic E-state index is 0.0212. The van der Waals surface area contributed by atoms with Crippen molar-refractivity contribution in [3.05, 3.63) is 28.2 Å². The van der Waals surface area contributed by atoms with Crippen molar-refractivity contribution in [2.45, 2.75) is 0 Å². The van der Waals surface area contributed by atoms with Crippen LogP contribution in [0.5, 0.6) is 5.75 Å². The van der Waals surface area contributed by atoms with Gasteiger partial charge in [-0.05, 0) is 18.2 Å². The minimum Gasteiger partial charge on any atom is -0.484 e. The van der Waals surface area contributed by atoms with E-state index in [2.05, 4.69) is 5.32 Å². The lowest BCUT2D eigenvalue weighted by molar-refractivity contribution is -0.133. The van der Waals surface area contributed by atoms with Crippen LogP contribution in [0.2, 0.25) is 10.0 Å². The summed E-state index contributed by atoms with van der Waals surface area (Å²) in [6.07, 6.45) is 0. The molecule has 0 saturated heterocycles. The van der Waals surface area contributed by atoms with E-state index in [9.17, 15) is 9.59 Å². The smallest absolute Gasteiger partial charge is 0.313 e. The fraction of sp³-hybridized carbons (Fsp3) is 0.333. The van der Waals surface area contributed by atoms with Crippen molar-refractivity contribution in [1.29, 1.82) is 0 Å². The Hall–Kier alpha value is -1.11. The number of aliphatic carboxylic acids is 1. The monoisotopic (exact) mass is 337 g/mol. The number of halogens is 2. The highest BCUT2D eigenvalue weighted by molar-refractivity contribution is 7.99. The normalized spacial score (nSPS) is 10.1. The number of amides is 1. The topological polar surface area (TPSA) is 75.6 Å². The summed E-state index contributed by atoms with van der Waals surface area (Å²) in [5.74, 6) is -0.202. The molecule has 20 heavy (non-hydrogen) atoms. The van der Waals surface area contributed by atoms with Crippen molar-refractivity contribution in [3.8, 4) is 5.75 Å². The molecule has 0 radical (unpaired) electrons. The highest BCUT2D eigenvalue weighted by atomic mass is 35.5. The Bertz CT molecular complexity index is 464. The van der Waals surface area contributed by atoms with Gasteiger partial charge in [-0.2, -0.15) is 0 Å². The Kier molecular flexibility index (Phi) is 7.58. The number of carboxylic acid groups (broad SMARTS) is 1. The van der Waals surface area contributed by atoms with Gasteiger partial charge in [0.15, 0.2) is 6.61 Å². The molecule has 0 heterocycles. The third-order valence-corrected chi connectivity index (χ3v) is 3.38. The summed E-state index contributed by atoms with van der Waals surface area (Å²) in [4.78, 5) is 21.7. The summed E-state index contributed by atoms with van der Waals surface area (Å²) in [5, 5.41) is 11.9. The standard InChI is InChI=1S/C12H13Cl2NO4S/c13-8-3-9(14)5-10(4-8)19-6-11(16)15-1-2-20-7-12(17)18/h3-5H,1-2,6-7H2,(H,15,16)(H,17,18). The largest absolute Gasteiger partial charge is 0.484 e. The molecule has 0 unspecified atom stereocenters. The zero-order chi connectivity index (χ0) is 15.0. The lowest BCUT2D eigenvalue weighted by atomic mass is 10.3. The van der Waals surface area contributed by atoms with Gasteiger partial charge in [0, 0.05) is 22.3 Å². The van der Waals surface area contributed by atoms with Gasteiger partial charge >= 0.3 is 5.97 Å². The molecule has 1 amide bonds. The van der Waals surface area contributed by atoms with E-state index in [0.717, 1.165) is 0 Å². The molecule has 0 fully saturated rings. The molecule has 0 aliphatic carbocycles. The quantitative estimate of drug-likeness (QED) is 0.712. The number of carbonyl (C=O) groups excluding carboxylic acids is 1. The lowest BCUT2D eigenvalue weighted by Crippen LogP contribution is -2.30. The van der Waals surface area contributed by atoms with Crippen LogP contribution < -0.4 is 10.1 Å². The molecule has 1 aromatic carbocycles. The van der Waals surface area contributed by atoms with Crippen LogP contribution in [0.1, 0.15) is 0 Å². The van der Waals surface area contributed by atoms with Crippen molar-refractivity contribution in [2.24, 2.45) is 0 Å². The Morgan fingerprint density at radius 3 is 2.50 bits per heavy atom. The molecular formula is C12H13Cl2NO4S. The molecule has 0 atom stereocenters. The zero-order valence-corrected chi connectivity index (χ0v) is 12.7. The second kappa shape index (κ2) is 8.94. The number of carboxylic acids is 1. The minimum atomic E-state index is -0.873. The van der Waals surface area contributed by atoms with E-state index in [1.165, 1.54) is 11.8 Å². The van der Waals surface area contributed by atoms with E-state index in [0.29, 0.717) is 28.1 Å². The molecule has 0 aliphatic rings. The van der Waals surface area contributed by atoms with Gasteiger partial charge in [0.2, 0.25) is 0 Å². The molecule has 2 N–H and O–H groups in total. The van der Waals surface area contributed by atoms with Gasteiger partial charge in [0.05, 0.1) is 5.75 Å². The number of rotatable bonds is 8. The summed E-state index contributed by atoms with van der Waals surface area (Å²) in [6.45, 7) is 0.233. The van der Waals surface area contributed by atoms with Crippen LogP contribution >= 0.6 is 35.0 Å². The van der Waals surface area contributed by atoms with Crippen LogP contribution in [-0.4, -0.2) is 41.6 Å². The second-order valence-electron chi connectivity index (χ2n) is 3.69. The highest BCUT2D eigenvalue weighted by Gasteiger charge is 2.04. The summed E-state index contributed by atoms with van der Waals surface area (Å²) in [7, 11) is 0. The summed E-state index contributed by atoms with van der Waals surface area (Å²) in [5.41, 5.74) is 0. The van der Waals surface area contributed by atoms with Crippen LogP contribution in [0.15, 0.2) is 18.2 Å². The first-order chi connectivity index (χ1) is 9.47. The van der Waals surface area contributed by atoms with Crippen LogP contribution in [0.4, 0.5) is 0 Å². The molecule has 0 bridgehead atoms. The number of ether oxygens (including phenoxy) is 1. The first-order valence-corrected chi connectivity index (χ1v) is 7.53. The number of hydrogen-bond donors (Lipinski definition) is 2. The molecule has 0 aromatic heterocycles. The molecular weight excluding hydrogens is 325 g/mol. The van der Waals surface area contributed by atoms with Gasteiger partial charge in [-0.1, -0.05) is 23.2 Å². The molecule has 1 aromatic rings. The van der Waals surface area contributed by atoms with E-state index in [1.54, 1.807) is 18.2 Å². The lowest BCUT2D eigenvalue weighted by Gasteiger charge is -2.08. The van der Waals surface area contributed by atoms with Gasteiger partial charge in [-0.3, -0.25) is 9.59 Å². The first-order valence-electron chi connectivity index (χ1n) is 5.62. The Labute approximate surface area is 130 Å². The number of nitrogens with one attached hydrogen (secondary N) is 1. The van der Waals surface area contributed by atoms with Gasteiger partial charge in [-0.15, -0.1) is 11.8 Å². The predicted molar refractivity (Wildman–Crippen MR) is 79.9 cm³/mol. The molecule has 0 saturated carbocycles. The van der Waals surface area contributed by atoms with Crippen LogP contribution in [-0.2, 0) is 9.59 Å². The first kappa shape index (κ1) is 16.9. The van der Waals surface area contributed by atoms with Crippen molar-refractivity contribution < 1.29 is 19.4 Å². The number of benzene rings is 1. The molecule has 0 aliphatic heterocycles. The molecule has 0 spiro atoms. The third-order valence-electron chi connectivity index (χ3n) is 2.00. The van der Waals surface area contributed by atoms with Gasteiger partial charge in [-0.25, -0.2) is 0 Å². The van der Waals surface area contributed by atoms with Crippen molar-refractivity contribution in [1.82, 2.24) is 5.32 Å². The second-order valence-corrected chi connectivity index (χ2v) is 5.67. The van der Waals surface area contributed by atoms with E-state index in [1.807, 2.05) is 0 Å². The molecule has 1 rings (SSSR count). The van der Waals surface area contributed by atoms with E-state index >= 15 is 0 Å². The fourth-order valence-corrected chi connectivity index (χ4v) is 2.31. The number of carbonyl (C=O) groups is 2. The summed E-state index contributed by atoms with van der Waals surface area (Å²) >= 11 is 12.8. The van der Waals surface area contributed by atoms with Gasteiger partial charge < -0.3 is 15.2 Å². The number of thioether (sulfide) groups is 1. The van der Waals surface area contributed by atoms with Crippen molar-refractivity contribution in [3.63, 3.8) is 0 Å². The third kappa shape index (κ3) is 7.47. The average Bonchev–Trinajstić information content (AvgIpc) is 2.34. The van der Waals surface area contributed by atoms with Gasteiger partial charge in [0.25, 0.3) is 5.91 Å². The summed E-state index contributed by atoms with van der Waals surface area (Å²) < 4.78 is 5.24.